The van der Waals surface area contributed by atoms with E-state index in [4.69, 9.17) is 11.6 Å². The topological polar surface area (TPSA) is 58.1 Å². The van der Waals surface area contributed by atoms with Gasteiger partial charge in [0.25, 0.3) is 0 Å². The van der Waals surface area contributed by atoms with Crippen molar-refractivity contribution < 1.29 is 4.79 Å². The molecule has 0 radical (unpaired) electrons. The molecule has 0 bridgehead atoms. The maximum absolute atomic E-state index is 11.5. The molecule has 7 heteroatoms. The predicted molar refractivity (Wildman–Crippen MR) is 74.2 cm³/mol. The Kier molecular flexibility index (Phi) is 3.98. The van der Waals surface area contributed by atoms with Gasteiger partial charge in [-0.15, -0.1) is 0 Å². The molecular weight excluding hydrogens is 272 g/mol. The Morgan fingerprint density at radius 2 is 2.22 bits per heavy atom. The molecule has 5 nitrogen and oxygen atoms in total. The van der Waals surface area contributed by atoms with Crippen LogP contribution in [0.1, 0.15) is 6.42 Å². The Bertz CT molecular complexity index is 569. The second-order valence-corrected chi connectivity index (χ2v) is 4.95. The number of aromatic nitrogens is 2. The zero-order valence-electron chi connectivity index (χ0n) is 10.1. The third-order valence-electron chi connectivity index (χ3n) is 2.52. The van der Waals surface area contributed by atoms with Gasteiger partial charge in [0.05, 0.1) is 22.4 Å². The van der Waals surface area contributed by atoms with Crippen LogP contribution in [0.5, 0.6) is 0 Å². The molecule has 0 saturated heterocycles. The van der Waals surface area contributed by atoms with Gasteiger partial charge in [0, 0.05) is 27.1 Å². The molecule has 1 aromatic carbocycles. The van der Waals surface area contributed by atoms with Gasteiger partial charge >= 0.3 is 0 Å². The third kappa shape index (κ3) is 2.70. The standard InChI is InChI=1S/C11H13ClN4OS/c1-16(2)9(17)5-6-13-10-7(12)3-4-8-11(10)15-18-14-8/h3-4,13H,5-6H2,1-2H3. The van der Waals surface area contributed by atoms with Crippen LogP contribution in [-0.4, -0.2) is 40.2 Å². The van der Waals surface area contributed by atoms with Crippen LogP contribution in [0.4, 0.5) is 5.69 Å². The van der Waals surface area contributed by atoms with Crippen LogP contribution in [0, 0.1) is 0 Å². The van der Waals surface area contributed by atoms with E-state index in [1.54, 1.807) is 25.1 Å². The first kappa shape index (κ1) is 13.0. The fourth-order valence-corrected chi connectivity index (χ4v) is 2.27. The third-order valence-corrected chi connectivity index (χ3v) is 3.37. The molecular formula is C11H13ClN4OS. The summed E-state index contributed by atoms with van der Waals surface area (Å²) in [7, 11) is 3.47. The minimum atomic E-state index is 0.0715. The summed E-state index contributed by atoms with van der Waals surface area (Å²) in [6.45, 7) is 0.521. The smallest absolute Gasteiger partial charge is 0.223 e. The Morgan fingerprint density at radius 1 is 1.44 bits per heavy atom. The van der Waals surface area contributed by atoms with Crippen molar-refractivity contribution in [1.29, 1.82) is 0 Å². The van der Waals surface area contributed by atoms with E-state index in [9.17, 15) is 4.79 Å². The lowest BCUT2D eigenvalue weighted by molar-refractivity contribution is -0.128. The van der Waals surface area contributed by atoms with E-state index in [0.29, 0.717) is 18.0 Å². The lowest BCUT2D eigenvalue weighted by atomic mass is 10.2. The molecule has 96 valence electrons. The fraction of sp³-hybridized carbons (Fsp3) is 0.364. The molecule has 0 unspecified atom stereocenters. The molecule has 0 fully saturated rings. The van der Waals surface area contributed by atoms with Crippen molar-refractivity contribution in [3.05, 3.63) is 17.2 Å². The molecule has 2 aromatic rings. The van der Waals surface area contributed by atoms with Crippen LogP contribution in [0.15, 0.2) is 12.1 Å². The summed E-state index contributed by atoms with van der Waals surface area (Å²) in [5.41, 5.74) is 2.31. The highest BCUT2D eigenvalue weighted by Crippen LogP contribution is 2.29. The van der Waals surface area contributed by atoms with E-state index in [2.05, 4.69) is 14.1 Å². The van der Waals surface area contributed by atoms with Crippen molar-refractivity contribution in [3.8, 4) is 0 Å². The SMILES string of the molecule is CN(C)C(=O)CCNc1c(Cl)ccc2nsnc12. The maximum Gasteiger partial charge on any atom is 0.223 e. The average molecular weight is 285 g/mol. The minimum absolute atomic E-state index is 0.0715. The molecule has 1 amide bonds. The van der Waals surface area contributed by atoms with E-state index < -0.39 is 0 Å². The van der Waals surface area contributed by atoms with Crippen molar-refractivity contribution in [2.45, 2.75) is 6.42 Å². The number of amides is 1. The highest BCUT2D eigenvalue weighted by atomic mass is 35.5. The first-order valence-corrected chi connectivity index (χ1v) is 6.55. The van der Waals surface area contributed by atoms with Crippen molar-refractivity contribution in [2.75, 3.05) is 26.0 Å². The number of rotatable bonds is 4. The zero-order chi connectivity index (χ0) is 13.1. The predicted octanol–water partition coefficient (Wildman–Crippen LogP) is 2.23. The van der Waals surface area contributed by atoms with E-state index in [0.717, 1.165) is 28.4 Å². The van der Waals surface area contributed by atoms with Crippen LogP contribution in [0.3, 0.4) is 0 Å². The number of carbonyl (C=O) groups is 1. The lowest BCUT2D eigenvalue weighted by Gasteiger charge is -2.12. The summed E-state index contributed by atoms with van der Waals surface area (Å²) < 4.78 is 8.35. The fourth-order valence-electron chi connectivity index (χ4n) is 1.51. The number of benzene rings is 1. The van der Waals surface area contributed by atoms with Gasteiger partial charge in [-0.3, -0.25) is 4.79 Å². The van der Waals surface area contributed by atoms with Gasteiger partial charge in [-0.2, -0.15) is 8.75 Å². The first-order chi connectivity index (χ1) is 8.59. The van der Waals surface area contributed by atoms with Gasteiger partial charge in [0.15, 0.2) is 0 Å². The first-order valence-electron chi connectivity index (χ1n) is 5.44. The number of fused-ring (bicyclic) bond motifs is 1. The molecule has 1 aromatic heterocycles. The van der Waals surface area contributed by atoms with Gasteiger partial charge in [-0.05, 0) is 12.1 Å². The summed E-state index contributed by atoms with van der Waals surface area (Å²) in [6.07, 6.45) is 0.414. The zero-order valence-corrected chi connectivity index (χ0v) is 11.7. The largest absolute Gasteiger partial charge is 0.381 e. The molecule has 0 aliphatic carbocycles. The van der Waals surface area contributed by atoms with Gasteiger partial charge in [-0.1, -0.05) is 11.6 Å². The molecule has 1 N–H and O–H groups in total. The van der Waals surface area contributed by atoms with E-state index in [-0.39, 0.29) is 5.91 Å². The number of anilines is 1. The van der Waals surface area contributed by atoms with Crippen molar-refractivity contribution in [1.82, 2.24) is 13.6 Å². The van der Waals surface area contributed by atoms with Crippen LogP contribution in [0.25, 0.3) is 11.0 Å². The number of hydrogen-bond donors (Lipinski definition) is 1. The molecule has 2 rings (SSSR count). The lowest BCUT2D eigenvalue weighted by Crippen LogP contribution is -2.23. The monoisotopic (exact) mass is 284 g/mol. The molecule has 0 atom stereocenters. The van der Waals surface area contributed by atoms with Crippen LogP contribution in [-0.2, 0) is 4.79 Å². The Balaban J connectivity index is 2.09. The van der Waals surface area contributed by atoms with E-state index >= 15 is 0 Å². The highest BCUT2D eigenvalue weighted by molar-refractivity contribution is 7.00. The molecule has 1 heterocycles. The van der Waals surface area contributed by atoms with Gasteiger partial charge < -0.3 is 10.2 Å². The molecule has 18 heavy (non-hydrogen) atoms. The van der Waals surface area contributed by atoms with Crippen LogP contribution >= 0.6 is 23.3 Å². The van der Waals surface area contributed by atoms with Crippen molar-refractivity contribution >= 4 is 46.0 Å². The second kappa shape index (κ2) is 5.49. The quantitative estimate of drug-likeness (QED) is 0.935. The molecule has 0 spiro atoms. The normalized spacial score (nSPS) is 10.6. The molecule has 0 saturated carbocycles. The summed E-state index contributed by atoms with van der Waals surface area (Å²) in [6, 6.07) is 3.61. The van der Waals surface area contributed by atoms with Gasteiger partial charge in [0.2, 0.25) is 5.91 Å². The Hall–Kier alpha value is -1.40. The second-order valence-electron chi connectivity index (χ2n) is 4.02. The molecule has 0 aliphatic heterocycles. The number of carbonyl (C=O) groups excluding carboxylic acids is 1. The molecule has 0 aliphatic rings. The summed E-state index contributed by atoms with van der Waals surface area (Å²) in [5, 5.41) is 3.74. The average Bonchev–Trinajstić information content (AvgIpc) is 2.79. The Morgan fingerprint density at radius 3 is 2.94 bits per heavy atom. The maximum atomic E-state index is 11.5. The number of nitrogens with zero attached hydrogens (tertiary/aromatic N) is 3. The summed E-state index contributed by atoms with van der Waals surface area (Å²) >= 11 is 7.26. The minimum Gasteiger partial charge on any atom is -0.381 e. The number of halogens is 1. The number of hydrogen-bond acceptors (Lipinski definition) is 5. The Labute approximate surface area is 114 Å². The van der Waals surface area contributed by atoms with Crippen molar-refractivity contribution in [3.63, 3.8) is 0 Å². The highest BCUT2D eigenvalue weighted by Gasteiger charge is 2.10. The van der Waals surface area contributed by atoms with E-state index in [1.165, 1.54) is 0 Å². The van der Waals surface area contributed by atoms with Gasteiger partial charge in [-0.25, -0.2) is 0 Å². The van der Waals surface area contributed by atoms with Crippen LogP contribution < -0.4 is 5.32 Å². The number of nitrogens with one attached hydrogen (secondary N) is 1. The summed E-state index contributed by atoms with van der Waals surface area (Å²) in [4.78, 5) is 13.0. The van der Waals surface area contributed by atoms with Gasteiger partial charge in [0.1, 0.15) is 11.0 Å². The summed E-state index contributed by atoms with van der Waals surface area (Å²) in [5.74, 6) is 0.0715. The van der Waals surface area contributed by atoms with E-state index in [1.807, 2.05) is 6.07 Å². The van der Waals surface area contributed by atoms with Crippen LogP contribution in [0.2, 0.25) is 5.02 Å². The van der Waals surface area contributed by atoms with Crippen molar-refractivity contribution in [2.24, 2.45) is 0 Å².